The van der Waals surface area contributed by atoms with E-state index in [1.54, 1.807) is 6.20 Å². The van der Waals surface area contributed by atoms with Gasteiger partial charge in [-0.15, -0.1) is 0 Å². The van der Waals surface area contributed by atoms with Gasteiger partial charge in [0.15, 0.2) is 11.5 Å². The van der Waals surface area contributed by atoms with Crippen LogP contribution >= 0.6 is 0 Å². The summed E-state index contributed by atoms with van der Waals surface area (Å²) in [6.07, 6.45) is 3.12. The van der Waals surface area contributed by atoms with E-state index in [-0.39, 0.29) is 5.69 Å². The van der Waals surface area contributed by atoms with Crippen molar-refractivity contribution >= 4 is 5.97 Å². The Morgan fingerprint density at radius 2 is 2.11 bits per heavy atom. The first kappa shape index (κ1) is 12.2. The van der Waals surface area contributed by atoms with Gasteiger partial charge in [0.25, 0.3) is 0 Å². The molecule has 0 unspecified atom stereocenters. The van der Waals surface area contributed by atoms with Gasteiger partial charge >= 0.3 is 5.97 Å². The van der Waals surface area contributed by atoms with Crippen LogP contribution in [0.15, 0.2) is 18.3 Å². The molecule has 0 spiro atoms. The number of carboxylic acids is 1. The molecule has 1 N–H and O–H groups in total. The molecule has 0 saturated heterocycles. The quantitative estimate of drug-likeness (QED) is 0.883. The lowest BCUT2D eigenvalue weighted by Crippen LogP contribution is -2.07. The Labute approximate surface area is 104 Å². The lowest BCUT2D eigenvalue weighted by Gasteiger charge is -2.05. The third-order valence-corrected chi connectivity index (χ3v) is 2.53. The molecule has 6 heteroatoms. The summed E-state index contributed by atoms with van der Waals surface area (Å²) >= 11 is 0. The summed E-state index contributed by atoms with van der Waals surface area (Å²) < 4.78 is 1.46. The maximum Gasteiger partial charge on any atom is 0.356 e. The SMILES string of the molecule is CCc1cc(-n2ccc(C(=O)O)n2)nc(CC)n1. The van der Waals surface area contributed by atoms with Crippen molar-refractivity contribution in [1.29, 1.82) is 0 Å². The number of aromatic carboxylic acids is 1. The fourth-order valence-corrected chi connectivity index (χ4v) is 1.56. The van der Waals surface area contributed by atoms with Crippen molar-refractivity contribution in [2.45, 2.75) is 26.7 Å². The molecule has 2 aromatic heterocycles. The number of hydrogen-bond acceptors (Lipinski definition) is 4. The Morgan fingerprint density at radius 3 is 2.67 bits per heavy atom. The molecule has 0 aliphatic carbocycles. The van der Waals surface area contributed by atoms with Crippen molar-refractivity contribution in [2.24, 2.45) is 0 Å². The van der Waals surface area contributed by atoms with Crippen LogP contribution in [0.4, 0.5) is 0 Å². The van der Waals surface area contributed by atoms with Crippen molar-refractivity contribution in [2.75, 3.05) is 0 Å². The van der Waals surface area contributed by atoms with Crippen LogP contribution in [0.3, 0.4) is 0 Å². The summed E-state index contributed by atoms with van der Waals surface area (Å²) in [7, 11) is 0. The molecule has 0 bridgehead atoms. The molecule has 0 saturated carbocycles. The van der Waals surface area contributed by atoms with E-state index < -0.39 is 5.97 Å². The van der Waals surface area contributed by atoms with Gasteiger partial charge in [-0.3, -0.25) is 0 Å². The molecule has 2 rings (SSSR count). The fourth-order valence-electron chi connectivity index (χ4n) is 1.56. The highest BCUT2D eigenvalue weighted by atomic mass is 16.4. The van der Waals surface area contributed by atoms with E-state index in [9.17, 15) is 4.79 Å². The summed E-state index contributed by atoms with van der Waals surface area (Å²) in [4.78, 5) is 19.5. The second-order valence-corrected chi connectivity index (χ2v) is 3.79. The van der Waals surface area contributed by atoms with Crippen molar-refractivity contribution in [3.8, 4) is 5.82 Å². The van der Waals surface area contributed by atoms with Crippen LogP contribution < -0.4 is 0 Å². The zero-order chi connectivity index (χ0) is 13.1. The van der Waals surface area contributed by atoms with Crippen LogP contribution in [0.5, 0.6) is 0 Å². The summed E-state index contributed by atoms with van der Waals surface area (Å²) in [5, 5.41) is 12.8. The van der Waals surface area contributed by atoms with Crippen molar-refractivity contribution in [1.82, 2.24) is 19.7 Å². The van der Waals surface area contributed by atoms with E-state index in [1.807, 2.05) is 19.9 Å². The molecule has 0 fully saturated rings. The van der Waals surface area contributed by atoms with Gasteiger partial charge in [0.1, 0.15) is 5.82 Å². The van der Waals surface area contributed by atoms with E-state index in [2.05, 4.69) is 15.1 Å². The number of aromatic nitrogens is 4. The molecule has 18 heavy (non-hydrogen) atoms. The molecule has 2 aromatic rings. The van der Waals surface area contributed by atoms with Gasteiger partial charge in [0.05, 0.1) is 0 Å². The Morgan fingerprint density at radius 1 is 1.33 bits per heavy atom. The molecular formula is C12H14N4O2. The predicted octanol–water partition coefficient (Wildman–Crippen LogP) is 1.49. The van der Waals surface area contributed by atoms with E-state index in [0.717, 1.165) is 24.4 Å². The molecule has 6 nitrogen and oxygen atoms in total. The Hall–Kier alpha value is -2.24. The minimum atomic E-state index is -1.05. The summed E-state index contributed by atoms with van der Waals surface area (Å²) in [6, 6.07) is 3.26. The molecule has 0 radical (unpaired) electrons. The normalized spacial score (nSPS) is 10.6. The molecular weight excluding hydrogens is 232 g/mol. The van der Waals surface area contributed by atoms with Crippen LogP contribution in [-0.2, 0) is 12.8 Å². The monoisotopic (exact) mass is 246 g/mol. The van der Waals surface area contributed by atoms with Gasteiger partial charge in [0.2, 0.25) is 0 Å². The predicted molar refractivity (Wildman–Crippen MR) is 64.9 cm³/mol. The first-order chi connectivity index (χ1) is 8.63. The van der Waals surface area contributed by atoms with Gasteiger partial charge < -0.3 is 5.11 Å². The fraction of sp³-hybridized carbons (Fsp3) is 0.333. The van der Waals surface area contributed by atoms with Crippen LogP contribution in [-0.4, -0.2) is 30.8 Å². The van der Waals surface area contributed by atoms with Crippen molar-refractivity contribution in [3.05, 3.63) is 35.5 Å². The second-order valence-electron chi connectivity index (χ2n) is 3.79. The zero-order valence-corrected chi connectivity index (χ0v) is 10.3. The van der Waals surface area contributed by atoms with Crippen molar-refractivity contribution < 1.29 is 9.90 Å². The number of nitrogens with zero attached hydrogens (tertiary/aromatic N) is 4. The standard InChI is InChI=1S/C12H14N4O2/c1-3-8-7-11(14-10(4-2)13-8)16-6-5-9(15-16)12(17)18/h5-7H,3-4H2,1-2H3,(H,17,18). The summed E-state index contributed by atoms with van der Waals surface area (Å²) in [6.45, 7) is 3.99. The van der Waals surface area contributed by atoms with Crippen LogP contribution in [0.25, 0.3) is 5.82 Å². The first-order valence-corrected chi connectivity index (χ1v) is 5.80. The Kier molecular flexibility index (Phi) is 3.36. The maximum atomic E-state index is 10.8. The number of rotatable bonds is 4. The lowest BCUT2D eigenvalue weighted by atomic mass is 10.3. The largest absolute Gasteiger partial charge is 0.476 e. The van der Waals surface area contributed by atoms with Gasteiger partial charge in [-0.25, -0.2) is 19.4 Å². The number of hydrogen-bond donors (Lipinski definition) is 1. The Bertz CT molecular complexity index is 555. The average Bonchev–Trinajstić information content (AvgIpc) is 2.87. The zero-order valence-electron chi connectivity index (χ0n) is 10.3. The third-order valence-electron chi connectivity index (χ3n) is 2.53. The minimum absolute atomic E-state index is 0.00436. The van der Waals surface area contributed by atoms with E-state index >= 15 is 0 Å². The summed E-state index contributed by atoms with van der Waals surface area (Å²) in [5.41, 5.74) is 0.925. The molecule has 0 atom stereocenters. The molecule has 0 amide bonds. The van der Waals surface area contributed by atoms with Crippen molar-refractivity contribution in [3.63, 3.8) is 0 Å². The number of carboxylic acid groups (broad SMARTS) is 1. The lowest BCUT2D eigenvalue weighted by molar-refractivity contribution is 0.0690. The van der Waals surface area contributed by atoms with Gasteiger partial charge in [-0.2, -0.15) is 5.10 Å². The second kappa shape index (κ2) is 4.95. The maximum absolute atomic E-state index is 10.8. The highest BCUT2D eigenvalue weighted by molar-refractivity contribution is 5.85. The third kappa shape index (κ3) is 2.37. The number of carbonyl (C=O) groups is 1. The Balaban J connectivity index is 2.45. The first-order valence-electron chi connectivity index (χ1n) is 5.80. The van der Waals surface area contributed by atoms with Gasteiger partial charge in [-0.1, -0.05) is 13.8 Å². The summed E-state index contributed by atoms with van der Waals surface area (Å²) in [5.74, 6) is 0.289. The van der Waals surface area contributed by atoms with Crippen LogP contribution in [0.1, 0.15) is 35.9 Å². The van der Waals surface area contributed by atoms with E-state index in [4.69, 9.17) is 5.11 Å². The topological polar surface area (TPSA) is 80.9 Å². The number of aryl methyl sites for hydroxylation is 2. The molecule has 2 heterocycles. The van der Waals surface area contributed by atoms with Crippen LogP contribution in [0.2, 0.25) is 0 Å². The van der Waals surface area contributed by atoms with Crippen LogP contribution in [0, 0.1) is 0 Å². The average molecular weight is 246 g/mol. The molecule has 0 aliphatic rings. The highest BCUT2D eigenvalue weighted by Gasteiger charge is 2.10. The molecule has 0 aromatic carbocycles. The molecule has 94 valence electrons. The van der Waals surface area contributed by atoms with Gasteiger partial charge in [0, 0.05) is 24.4 Å². The van der Waals surface area contributed by atoms with E-state index in [1.165, 1.54) is 10.7 Å². The molecule has 0 aliphatic heterocycles. The smallest absolute Gasteiger partial charge is 0.356 e. The highest BCUT2D eigenvalue weighted by Crippen LogP contribution is 2.09. The van der Waals surface area contributed by atoms with E-state index in [0.29, 0.717) is 5.82 Å². The minimum Gasteiger partial charge on any atom is -0.476 e. The van der Waals surface area contributed by atoms with Gasteiger partial charge in [-0.05, 0) is 12.5 Å².